The van der Waals surface area contributed by atoms with Gasteiger partial charge in [0.25, 0.3) is 0 Å². The van der Waals surface area contributed by atoms with E-state index in [0.717, 1.165) is 18.2 Å². The number of hydrogen-bond acceptors (Lipinski definition) is 2. The highest BCUT2D eigenvalue weighted by atomic mass is 19.4. The quantitative estimate of drug-likeness (QED) is 0.816. The van der Waals surface area contributed by atoms with E-state index >= 15 is 0 Å². The Bertz CT molecular complexity index is 711. The van der Waals surface area contributed by atoms with E-state index < -0.39 is 41.0 Å². The van der Waals surface area contributed by atoms with Gasteiger partial charge in [-0.15, -0.1) is 0 Å². The Morgan fingerprint density at radius 2 is 1.64 bits per heavy atom. The largest absolute Gasteiger partial charge is 0.478 e. The number of aromatic carboxylic acids is 1. The molecular weight excluding hydrogens is 318 g/mol. The number of carbonyl (C=O) groups is 1. The topological polar surface area (TPSA) is 50.4 Å². The Kier molecular flexibility index (Phi) is 3.68. The normalized spacial score (nSPS) is 12.5. The van der Waals surface area contributed by atoms with Gasteiger partial charge in [-0.05, 0) is 18.2 Å². The van der Waals surface area contributed by atoms with Gasteiger partial charge in [0.1, 0.15) is 11.3 Å². The lowest BCUT2D eigenvalue weighted by Gasteiger charge is -2.07. The van der Waals surface area contributed by atoms with E-state index in [9.17, 15) is 31.1 Å². The van der Waals surface area contributed by atoms with Gasteiger partial charge in [-0.25, -0.2) is 4.79 Å². The van der Waals surface area contributed by atoms with Gasteiger partial charge < -0.3 is 9.52 Å². The zero-order valence-corrected chi connectivity index (χ0v) is 10.4. The molecule has 0 aliphatic rings. The van der Waals surface area contributed by atoms with Crippen molar-refractivity contribution in [3.63, 3.8) is 0 Å². The Morgan fingerprint density at radius 1 is 1.00 bits per heavy atom. The van der Waals surface area contributed by atoms with E-state index in [1.165, 1.54) is 0 Å². The van der Waals surface area contributed by atoms with Crippen molar-refractivity contribution in [2.75, 3.05) is 0 Å². The fraction of sp³-hybridized carbons (Fsp3) is 0.154. The zero-order chi connectivity index (χ0) is 16.7. The molecule has 0 spiro atoms. The van der Waals surface area contributed by atoms with Crippen molar-refractivity contribution >= 4 is 5.97 Å². The molecule has 22 heavy (non-hydrogen) atoms. The van der Waals surface area contributed by atoms with E-state index in [-0.39, 0.29) is 5.56 Å². The van der Waals surface area contributed by atoms with E-state index in [1.54, 1.807) is 0 Å². The molecular formula is C13H6F6O3. The monoisotopic (exact) mass is 324 g/mol. The molecule has 9 heteroatoms. The van der Waals surface area contributed by atoms with Gasteiger partial charge in [0.2, 0.25) is 5.76 Å². The summed E-state index contributed by atoms with van der Waals surface area (Å²) >= 11 is 0. The average Bonchev–Trinajstić information content (AvgIpc) is 2.83. The molecule has 1 aromatic heterocycles. The van der Waals surface area contributed by atoms with Gasteiger partial charge in [0.15, 0.2) is 0 Å². The third-order valence-corrected chi connectivity index (χ3v) is 2.69. The molecule has 0 saturated heterocycles. The van der Waals surface area contributed by atoms with Crippen LogP contribution in [0, 0.1) is 0 Å². The molecule has 2 rings (SSSR count). The maximum absolute atomic E-state index is 12.7. The molecule has 0 fully saturated rings. The van der Waals surface area contributed by atoms with E-state index in [1.807, 2.05) is 0 Å². The third-order valence-electron chi connectivity index (χ3n) is 2.69. The summed E-state index contributed by atoms with van der Waals surface area (Å²) in [5, 5.41) is 8.73. The summed E-state index contributed by atoms with van der Waals surface area (Å²) in [5.74, 6) is -4.28. The van der Waals surface area contributed by atoms with E-state index in [4.69, 9.17) is 5.11 Å². The third kappa shape index (κ3) is 3.07. The molecule has 1 aromatic carbocycles. The fourth-order valence-electron chi connectivity index (χ4n) is 1.75. The summed E-state index contributed by atoms with van der Waals surface area (Å²) in [5.41, 5.74) is -2.57. The molecule has 0 bridgehead atoms. The maximum atomic E-state index is 12.7. The van der Waals surface area contributed by atoms with Crippen LogP contribution in [0.4, 0.5) is 26.3 Å². The summed E-state index contributed by atoms with van der Waals surface area (Å²) in [4.78, 5) is 10.8. The molecule has 1 heterocycles. The minimum atomic E-state index is -5.08. The van der Waals surface area contributed by atoms with Crippen LogP contribution in [0.25, 0.3) is 11.3 Å². The second-order valence-corrected chi connectivity index (χ2v) is 4.23. The first-order valence-electron chi connectivity index (χ1n) is 5.62. The van der Waals surface area contributed by atoms with Gasteiger partial charge in [-0.1, -0.05) is 12.1 Å². The summed E-state index contributed by atoms with van der Waals surface area (Å²) in [6.07, 6.45) is -9.77. The smallest absolute Gasteiger partial charge is 0.450 e. The molecule has 1 N–H and O–H groups in total. The fourth-order valence-corrected chi connectivity index (χ4v) is 1.75. The number of hydrogen-bond donors (Lipinski definition) is 1. The number of carboxylic acids is 1. The molecule has 0 atom stereocenters. The van der Waals surface area contributed by atoms with Crippen LogP contribution in [-0.2, 0) is 12.4 Å². The van der Waals surface area contributed by atoms with Crippen LogP contribution in [0.1, 0.15) is 21.7 Å². The summed E-state index contributed by atoms with van der Waals surface area (Å²) in [6.45, 7) is 0. The zero-order valence-electron chi connectivity index (χ0n) is 10.4. The molecule has 0 aliphatic heterocycles. The van der Waals surface area contributed by atoms with Crippen molar-refractivity contribution in [1.82, 2.24) is 0 Å². The second-order valence-electron chi connectivity index (χ2n) is 4.23. The molecule has 0 unspecified atom stereocenters. The number of carboxylic acid groups (broad SMARTS) is 1. The van der Waals surface area contributed by atoms with Gasteiger partial charge in [0, 0.05) is 5.56 Å². The lowest BCUT2D eigenvalue weighted by atomic mass is 10.1. The lowest BCUT2D eigenvalue weighted by molar-refractivity contribution is -0.153. The number of benzene rings is 1. The van der Waals surface area contributed by atoms with Crippen LogP contribution in [0.15, 0.2) is 34.7 Å². The van der Waals surface area contributed by atoms with Crippen molar-refractivity contribution in [2.45, 2.75) is 12.4 Å². The van der Waals surface area contributed by atoms with Gasteiger partial charge in [-0.3, -0.25) is 0 Å². The molecule has 0 amide bonds. The highest BCUT2D eigenvalue weighted by molar-refractivity contribution is 5.90. The van der Waals surface area contributed by atoms with E-state index in [0.29, 0.717) is 12.1 Å². The Balaban J connectivity index is 2.57. The van der Waals surface area contributed by atoms with Crippen molar-refractivity contribution < 1.29 is 40.7 Å². The van der Waals surface area contributed by atoms with Crippen LogP contribution >= 0.6 is 0 Å². The molecule has 2 aromatic rings. The summed E-state index contributed by atoms with van der Waals surface area (Å²) in [7, 11) is 0. The van der Waals surface area contributed by atoms with Gasteiger partial charge in [0.05, 0.1) is 5.56 Å². The molecule has 0 saturated carbocycles. The Hall–Kier alpha value is -2.45. The van der Waals surface area contributed by atoms with Crippen molar-refractivity contribution in [3.05, 3.63) is 47.2 Å². The lowest BCUT2D eigenvalue weighted by Crippen LogP contribution is -2.09. The first kappa shape index (κ1) is 15.9. The standard InChI is InChI=1S/C13H6F6O3/c14-12(15,16)7-3-1-2-6(4-7)9-5-8(11(20)21)10(22-9)13(17,18)19/h1-5H,(H,20,21). The van der Waals surface area contributed by atoms with Crippen LogP contribution in [0.5, 0.6) is 0 Å². The van der Waals surface area contributed by atoms with Crippen molar-refractivity contribution in [1.29, 1.82) is 0 Å². The second kappa shape index (κ2) is 5.08. The van der Waals surface area contributed by atoms with Crippen molar-refractivity contribution in [2.24, 2.45) is 0 Å². The first-order valence-corrected chi connectivity index (χ1v) is 5.62. The van der Waals surface area contributed by atoms with Crippen LogP contribution in [0.2, 0.25) is 0 Å². The number of rotatable bonds is 2. The maximum Gasteiger partial charge on any atom is 0.450 e. The number of alkyl halides is 6. The van der Waals surface area contributed by atoms with Gasteiger partial charge in [-0.2, -0.15) is 26.3 Å². The number of furan rings is 1. The molecule has 0 aliphatic carbocycles. The molecule has 118 valence electrons. The minimum absolute atomic E-state index is 0.312. The number of halogens is 6. The van der Waals surface area contributed by atoms with Crippen molar-refractivity contribution in [3.8, 4) is 11.3 Å². The molecule has 0 radical (unpaired) electrons. The SMILES string of the molecule is O=C(O)c1cc(-c2cccc(C(F)(F)F)c2)oc1C(F)(F)F. The summed E-state index contributed by atoms with van der Waals surface area (Å²) in [6, 6.07) is 3.91. The highest BCUT2D eigenvalue weighted by Crippen LogP contribution is 2.38. The van der Waals surface area contributed by atoms with Gasteiger partial charge >= 0.3 is 18.3 Å². The van der Waals surface area contributed by atoms with Crippen LogP contribution < -0.4 is 0 Å². The van der Waals surface area contributed by atoms with Crippen LogP contribution in [-0.4, -0.2) is 11.1 Å². The Morgan fingerprint density at radius 3 is 2.09 bits per heavy atom. The first-order chi connectivity index (χ1) is 10.00. The average molecular weight is 324 g/mol. The van der Waals surface area contributed by atoms with E-state index in [2.05, 4.69) is 4.42 Å². The summed E-state index contributed by atoms with van der Waals surface area (Å²) < 4.78 is 80.2. The minimum Gasteiger partial charge on any atom is -0.478 e. The Labute approximate surface area is 118 Å². The highest BCUT2D eigenvalue weighted by Gasteiger charge is 2.40. The predicted molar refractivity (Wildman–Crippen MR) is 61.1 cm³/mol. The molecule has 3 nitrogen and oxygen atoms in total. The van der Waals surface area contributed by atoms with Crippen LogP contribution in [0.3, 0.4) is 0 Å². The predicted octanol–water partition coefficient (Wildman–Crippen LogP) is 4.68.